The number of aromatic carboxylic acids is 1. The molecule has 1 aromatic heterocycles. The first-order valence-corrected chi connectivity index (χ1v) is 6.81. The minimum atomic E-state index is -2.84. The van der Waals surface area contributed by atoms with Gasteiger partial charge in [0.05, 0.1) is 0 Å². The maximum atomic E-state index is 12.4. The van der Waals surface area contributed by atoms with Crippen LogP contribution in [0, 0.1) is 3.70 Å². The van der Waals surface area contributed by atoms with Gasteiger partial charge in [-0.3, -0.25) is 0 Å². The Hall–Kier alpha value is -0.790. The average Bonchev–Trinajstić information content (AvgIpc) is 2.16. The van der Waals surface area contributed by atoms with Gasteiger partial charge in [-0.15, -0.1) is 0 Å². The van der Waals surface area contributed by atoms with Gasteiger partial charge in [0.2, 0.25) is 0 Å². The molecule has 0 spiro atoms. The summed E-state index contributed by atoms with van der Waals surface area (Å²) in [6, 6.07) is 2.68. The van der Waals surface area contributed by atoms with Gasteiger partial charge in [-0.25, -0.2) is 0 Å². The molecule has 0 atom stereocenters. The van der Waals surface area contributed by atoms with Crippen LogP contribution in [0.5, 0.6) is 0 Å². The topological polar surface area (TPSA) is 50.2 Å². The van der Waals surface area contributed by atoms with E-state index in [4.69, 9.17) is 5.11 Å². The Kier molecular flexibility index (Phi) is 3.73. The normalized spacial score (nSPS) is 10.9. The van der Waals surface area contributed by atoms with Crippen molar-refractivity contribution in [3.63, 3.8) is 0 Å². The Bertz CT molecular complexity index is 357. The fourth-order valence-corrected chi connectivity index (χ4v) is 1.94. The van der Waals surface area contributed by atoms with E-state index in [-0.39, 0.29) is 0 Å². The SMILES string of the molecule is C[I-]c1ccc(C(=O)O)c(C(F)F)n1. The second-order valence-corrected chi connectivity index (χ2v) is 4.55. The van der Waals surface area contributed by atoms with Crippen molar-refractivity contribution in [3.8, 4) is 0 Å². The van der Waals surface area contributed by atoms with E-state index in [1.165, 1.54) is 12.1 Å². The van der Waals surface area contributed by atoms with Gasteiger partial charge in [0, 0.05) is 0 Å². The third-order valence-electron chi connectivity index (χ3n) is 1.52. The molecule has 1 N–H and O–H groups in total. The van der Waals surface area contributed by atoms with E-state index < -0.39 is 44.9 Å². The number of halogens is 3. The van der Waals surface area contributed by atoms with Crippen molar-refractivity contribution < 1.29 is 39.9 Å². The zero-order valence-electron chi connectivity index (χ0n) is 7.17. The second kappa shape index (κ2) is 4.63. The third-order valence-corrected chi connectivity index (χ3v) is 3.23. The van der Waals surface area contributed by atoms with Crippen molar-refractivity contribution in [3.05, 3.63) is 27.1 Å². The Balaban J connectivity index is 3.24. The first-order chi connectivity index (χ1) is 6.56. The van der Waals surface area contributed by atoms with Gasteiger partial charge < -0.3 is 0 Å². The van der Waals surface area contributed by atoms with Crippen LogP contribution in [0.15, 0.2) is 12.1 Å². The second-order valence-electron chi connectivity index (χ2n) is 2.36. The molecule has 1 heterocycles. The third kappa shape index (κ3) is 2.37. The van der Waals surface area contributed by atoms with E-state index in [0.717, 1.165) is 0 Å². The molecule has 0 saturated heterocycles. The monoisotopic (exact) mass is 314 g/mol. The number of pyridine rings is 1. The molecule has 78 valence electrons. The van der Waals surface area contributed by atoms with Gasteiger partial charge in [-0.2, -0.15) is 0 Å². The van der Waals surface area contributed by atoms with Crippen molar-refractivity contribution in [1.82, 2.24) is 4.98 Å². The molecule has 0 aliphatic carbocycles. The summed E-state index contributed by atoms with van der Waals surface area (Å²) in [5.74, 6) is -1.37. The van der Waals surface area contributed by atoms with Crippen LogP contribution >= 0.6 is 0 Å². The van der Waals surface area contributed by atoms with Crippen molar-refractivity contribution in [1.29, 1.82) is 0 Å². The van der Waals surface area contributed by atoms with Crippen molar-refractivity contribution in [2.45, 2.75) is 6.43 Å². The molecule has 0 radical (unpaired) electrons. The van der Waals surface area contributed by atoms with E-state index >= 15 is 0 Å². The van der Waals surface area contributed by atoms with Crippen LogP contribution in [-0.4, -0.2) is 21.0 Å². The molecule has 0 bridgehead atoms. The Morgan fingerprint density at radius 1 is 1.57 bits per heavy atom. The molecular formula is C8H7F2INO2-. The molecular weight excluding hydrogens is 307 g/mol. The molecule has 0 amide bonds. The first kappa shape index (κ1) is 11.3. The van der Waals surface area contributed by atoms with E-state index in [2.05, 4.69) is 4.98 Å². The minimum absolute atomic E-state index is 0.403. The van der Waals surface area contributed by atoms with Gasteiger partial charge >= 0.3 is 89.3 Å². The fourth-order valence-electron chi connectivity index (χ4n) is 0.902. The molecule has 0 saturated carbocycles. The van der Waals surface area contributed by atoms with Crippen LogP contribution in [0.4, 0.5) is 8.78 Å². The zero-order valence-corrected chi connectivity index (χ0v) is 9.33. The Morgan fingerprint density at radius 2 is 2.21 bits per heavy atom. The van der Waals surface area contributed by atoms with Gasteiger partial charge in [0.15, 0.2) is 0 Å². The van der Waals surface area contributed by atoms with E-state index in [1.807, 2.05) is 4.93 Å². The van der Waals surface area contributed by atoms with Crippen LogP contribution in [-0.2, 0) is 0 Å². The number of aromatic nitrogens is 1. The number of rotatable bonds is 3. The molecule has 14 heavy (non-hydrogen) atoms. The first-order valence-electron chi connectivity index (χ1n) is 3.58. The molecule has 0 aliphatic heterocycles. The summed E-state index contributed by atoms with van der Waals surface area (Å²) >= 11 is -0.403. The molecule has 1 aromatic rings. The van der Waals surface area contributed by atoms with Crippen LogP contribution < -0.4 is 21.2 Å². The zero-order chi connectivity index (χ0) is 10.7. The summed E-state index contributed by atoms with van der Waals surface area (Å²) in [4.78, 5) is 16.1. The quantitative estimate of drug-likeness (QED) is 0.424. The van der Waals surface area contributed by atoms with Gasteiger partial charge in [0.1, 0.15) is 0 Å². The van der Waals surface area contributed by atoms with E-state index in [1.54, 1.807) is 0 Å². The predicted molar refractivity (Wildman–Crippen MR) is 40.8 cm³/mol. The van der Waals surface area contributed by atoms with Gasteiger partial charge in [-0.1, -0.05) is 0 Å². The summed E-state index contributed by atoms with van der Waals surface area (Å²) in [6.07, 6.45) is -2.84. The molecule has 0 aliphatic rings. The number of carbonyl (C=O) groups is 1. The maximum absolute atomic E-state index is 12.4. The number of carboxylic acids is 1. The van der Waals surface area contributed by atoms with Crippen LogP contribution in [0.3, 0.4) is 0 Å². The van der Waals surface area contributed by atoms with Gasteiger partial charge in [-0.05, 0) is 0 Å². The number of hydrogen-bond donors (Lipinski definition) is 1. The summed E-state index contributed by atoms with van der Waals surface area (Å²) in [6.45, 7) is 0. The van der Waals surface area contributed by atoms with Crippen molar-refractivity contribution in [2.75, 3.05) is 4.93 Å². The van der Waals surface area contributed by atoms with Gasteiger partial charge in [0.25, 0.3) is 0 Å². The van der Waals surface area contributed by atoms with Crippen LogP contribution in [0.1, 0.15) is 22.5 Å². The summed E-state index contributed by atoms with van der Waals surface area (Å²) in [5, 5.41) is 8.61. The molecule has 0 unspecified atom stereocenters. The summed E-state index contributed by atoms with van der Waals surface area (Å²) < 4.78 is 25.4. The van der Waals surface area contributed by atoms with Crippen molar-refractivity contribution in [2.24, 2.45) is 0 Å². The molecule has 3 nitrogen and oxygen atoms in total. The van der Waals surface area contributed by atoms with Crippen LogP contribution in [0.25, 0.3) is 0 Å². The average molecular weight is 314 g/mol. The van der Waals surface area contributed by atoms with Crippen LogP contribution in [0.2, 0.25) is 0 Å². The molecule has 0 fully saturated rings. The molecule has 1 rings (SSSR count). The van der Waals surface area contributed by atoms with Crippen molar-refractivity contribution >= 4 is 5.97 Å². The number of carboxylic acid groups (broad SMARTS) is 1. The van der Waals surface area contributed by atoms with E-state index in [0.29, 0.717) is 3.70 Å². The summed E-state index contributed by atoms with van der Waals surface area (Å²) in [5.41, 5.74) is -1.04. The molecule has 6 heteroatoms. The Labute approximate surface area is 89.4 Å². The number of hydrogen-bond acceptors (Lipinski definition) is 2. The van der Waals surface area contributed by atoms with E-state index in [9.17, 15) is 13.6 Å². The number of nitrogens with zero attached hydrogens (tertiary/aromatic N) is 1. The Morgan fingerprint density at radius 3 is 2.64 bits per heavy atom. The predicted octanol–water partition coefficient (Wildman–Crippen LogP) is -1.39. The fraction of sp³-hybridized carbons (Fsp3) is 0.250. The molecule has 0 aromatic carbocycles. The summed E-state index contributed by atoms with van der Waals surface area (Å²) in [7, 11) is 0. The number of alkyl halides is 3. The standard InChI is InChI=1S/C8H7F2INO2/c1-11-5-3-2-4(8(13)14)6(12-5)7(9)10/h2-3,7H,1H3,(H,13,14)/q-1.